The van der Waals surface area contributed by atoms with Gasteiger partial charge in [0.15, 0.2) is 0 Å². The Morgan fingerprint density at radius 3 is 2.35 bits per heavy atom. The van der Waals surface area contributed by atoms with E-state index in [9.17, 15) is 23.2 Å². The zero-order chi connectivity index (χ0) is 19.8. The van der Waals surface area contributed by atoms with Crippen molar-refractivity contribution in [1.29, 1.82) is 0 Å². The highest BCUT2D eigenvalue weighted by molar-refractivity contribution is 5.99. The molecule has 0 aliphatic carbocycles. The first-order valence-corrected chi connectivity index (χ1v) is 8.28. The van der Waals surface area contributed by atoms with Gasteiger partial charge in [0, 0.05) is 26.3 Å². The maximum Gasteiger partial charge on any atom is 0.332 e. The summed E-state index contributed by atoms with van der Waals surface area (Å²) in [6.07, 6.45) is -1.11. The van der Waals surface area contributed by atoms with Gasteiger partial charge in [-0.15, -0.1) is 0 Å². The second-order valence-corrected chi connectivity index (χ2v) is 6.35. The van der Waals surface area contributed by atoms with Gasteiger partial charge >= 0.3 is 5.69 Å². The number of rotatable bonds is 5. The van der Waals surface area contributed by atoms with Crippen LogP contribution in [0.1, 0.15) is 36.7 Å². The molecule has 0 radical (unpaired) electrons. The topological polar surface area (TPSA) is 77.2 Å². The first-order valence-electron chi connectivity index (χ1n) is 8.28. The van der Waals surface area contributed by atoms with Crippen LogP contribution in [0.25, 0.3) is 11.0 Å². The minimum atomic E-state index is -2.67. The molecule has 7 nitrogen and oxygen atoms in total. The van der Waals surface area contributed by atoms with E-state index in [-0.39, 0.29) is 16.6 Å². The average Bonchev–Trinajstić information content (AvgIpc) is 2.60. The van der Waals surface area contributed by atoms with Crippen LogP contribution < -0.4 is 11.2 Å². The van der Waals surface area contributed by atoms with Crippen LogP contribution in [-0.4, -0.2) is 43.9 Å². The van der Waals surface area contributed by atoms with Gasteiger partial charge in [-0.2, -0.15) is 0 Å². The summed E-state index contributed by atoms with van der Waals surface area (Å²) in [5.74, 6) is -0.609. The van der Waals surface area contributed by atoms with Crippen LogP contribution in [0.4, 0.5) is 8.78 Å². The molecule has 1 amide bonds. The molecule has 0 saturated carbocycles. The Morgan fingerprint density at radius 1 is 1.23 bits per heavy atom. The molecule has 0 aliphatic rings. The van der Waals surface area contributed by atoms with Gasteiger partial charge in [0.25, 0.3) is 17.9 Å². The predicted octanol–water partition coefficient (Wildman–Crippen LogP) is 1.31. The van der Waals surface area contributed by atoms with Gasteiger partial charge in [0.2, 0.25) is 0 Å². The summed E-state index contributed by atoms with van der Waals surface area (Å²) in [6, 6.07) is -0.445. The monoisotopic (exact) mass is 368 g/mol. The summed E-state index contributed by atoms with van der Waals surface area (Å²) in [4.78, 5) is 42.7. The van der Waals surface area contributed by atoms with Crippen molar-refractivity contribution in [3.05, 3.63) is 38.2 Å². The molecule has 2 aromatic rings. The fourth-order valence-corrected chi connectivity index (χ4v) is 2.97. The minimum absolute atomic E-state index is 0.102. The lowest BCUT2D eigenvalue weighted by Gasteiger charge is -2.27. The third-order valence-electron chi connectivity index (χ3n) is 4.38. The molecule has 0 fully saturated rings. The molecule has 0 unspecified atom stereocenters. The second-order valence-electron chi connectivity index (χ2n) is 6.35. The summed E-state index contributed by atoms with van der Waals surface area (Å²) in [7, 11) is 2.82. The molecule has 0 N–H and O–H groups in total. The van der Waals surface area contributed by atoms with Gasteiger partial charge in [0.1, 0.15) is 5.65 Å². The molecular formula is C17H22F2N4O3. The maximum absolute atomic E-state index is 12.9. The van der Waals surface area contributed by atoms with Crippen LogP contribution in [0.2, 0.25) is 0 Å². The SMILES string of the molecule is CCc1c(C(=O)N(CC(F)F)C(C)C)cnc2c1c(=O)n(C)c(=O)n2C. The predicted molar refractivity (Wildman–Crippen MR) is 93.8 cm³/mol. The first-order chi connectivity index (χ1) is 12.1. The van der Waals surface area contributed by atoms with Gasteiger partial charge in [-0.25, -0.2) is 18.6 Å². The van der Waals surface area contributed by atoms with E-state index in [1.54, 1.807) is 20.8 Å². The molecular weight excluding hydrogens is 346 g/mol. The van der Waals surface area contributed by atoms with E-state index in [2.05, 4.69) is 4.98 Å². The van der Waals surface area contributed by atoms with Crippen LogP contribution in [0.3, 0.4) is 0 Å². The van der Waals surface area contributed by atoms with Gasteiger partial charge < -0.3 is 4.90 Å². The van der Waals surface area contributed by atoms with Crippen molar-refractivity contribution >= 4 is 16.9 Å². The number of aromatic nitrogens is 3. The number of nitrogens with zero attached hydrogens (tertiary/aromatic N) is 4. The van der Waals surface area contributed by atoms with Crippen molar-refractivity contribution in [3.63, 3.8) is 0 Å². The second kappa shape index (κ2) is 7.35. The number of hydrogen-bond acceptors (Lipinski definition) is 4. The van der Waals surface area contributed by atoms with Crippen LogP contribution >= 0.6 is 0 Å². The average molecular weight is 368 g/mol. The van der Waals surface area contributed by atoms with Crippen molar-refractivity contribution < 1.29 is 13.6 Å². The van der Waals surface area contributed by atoms with E-state index in [1.165, 1.54) is 24.9 Å². The highest BCUT2D eigenvalue weighted by atomic mass is 19.3. The number of hydrogen-bond donors (Lipinski definition) is 0. The number of carbonyl (C=O) groups excluding carboxylic acids is 1. The lowest BCUT2D eigenvalue weighted by atomic mass is 10.0. The number of alkyl halides is 2. The molecule has 2 aromatic heterocycles. The summed E-state index contributed by atoms with van der Waals surface area (Å²) in [5, 5.41) is 0.156. The summed E-state index contributed by atoms with van der Waals surface area (Å²) in [5.41, 5.74) is -0.428. The van der Waals surface area contributed by atoms with Crippen molar-refractivity contribution in [2.45, 2.75) is 39.7 Å². The molecule has 2 rings (SSSR count). The zero-order valence-corrected chi connectivity index (χ0v) is 15.4. The Labute approximate surface area is 148 Å². The minimum Gasteiger partial charge on any atom is -0.330 e. The largest absolute Gasteiger partial charge is 0.332 e. The Morgan fingerprint density at radius 2 is 1.85 bits per heavy atom. The molecule has 0 spiro atoms. The standard InChI is InChI=1S/C17H22F2N4O3/c1-6-10-11(15(24)23(9(2)3)8-12(18)19)7-20-14-13(10)16(25)22(5)17(26)21(14)4/h7,9,12H,6,8H2,1-5H3. The molecule has 0 saturated heterocycles. The van der Waals surface area contributed by atoms with Gasteiger partial charge in [-0.05, 0) is 25.8 Å². The van der Waals surface area contributed by atoms with E-state index in [1.807, 2.05) is 0 Å². The van der Waals surface area contributed by atoms with Crippen LogP contribution in [0, 0.1) is 0 Å². The van der Waals surface area contributed by atoms with Crippen LogP contribution in [0.15, 0.2) is 15.8 Å². The Balaban J connectivity index is 2.79. The summed E-state index contributed by atoms with van der Waals surface area (Å²) in [6.45, 7) is 4.33. The molecule has 9 heteroatoms. The molecule has 0 aliphatic heterocycles. The Hall–Kier alpha value is -2.58. The molecule has 0 aromatic carbocycles. The Kier molecular flexibility index (Phi) is 5.58. The van der Waals surface area contributed by atoms with Gasteiger partial charge in [-0.1, -0.05) is 6.92 Å². The number of pyridine rings is 1. The number of fused-ring (bicyclic) bond motifs is 1. The third-order valence-corrected chi connectivity index (χ3v) is 4.38. The molecule has 142 valence electrons. The van der Waals surface area contributed by atoms with Crippen LogP contribution in [-0.2, 0) is 20.5 Å². The lowest BCUT2D eigenvalue weighted by Crippen LogP contribution is -2.41. The fourth-order valence-electron chi connectivity index (χ4n) is 2.97. The number of amides is 1. The summed E-state index contributed by atoms with van der Waals surface area (Å²) >= 11 is 0. The van der Waals surface area contributed by atoms with E-state index in [4.69, 9.17) is 0 Å². The van der Waals surface area contributed by atoms with Gasteiger partial charge in [0.05, 0.1) is 17.5 Å². The van der Waals surface area contributed by atoms with Crippen molar-refractivity contribution in [2.75, 3.05) is 6.54 Å². The molecule has 26 heavy (non-hydrogen) atoms. The smallest absolute Gasteiger partial charge is 0.330 e. The molecule has 2 heterocycles. The van der Waals surface area contributed by atoms with Crippen LogP contribution in [0.5, 0.6) is 0 Å². The van der Waals surface area contributed by atoms with E-state index >= 15 is 0 Å². The van der Waals surface area contributed by atoms with E-state index < -0.39 is 36.2 Å². The van der Waals surface area contributed by atoms with E-state index in [0.717, 1.165) is 9.47 Å². The van der Waals surface area contributed by atoms with Crippen molar-refractivity contribution in [1.82, 2.24) is 19.0 Å². The zero-order valence-electron chi connectivity index (χ0n) is 15.4. The van der Waals surface area contributed by atoms with E-state index in [0.29, 0.717) is 12.0 Å². The quantitative estimate of drug-likeness (QED) is 0.797. The fraction of sp³-hybridized carbons (Fsp3) is 0.529. The highest BCUT2D eigenvalue weighted by Crippen LogP contribution is 2.20. The van der Waals surface area contributed by atoms with Crippen molar-refractivity contribution in [3.8, 4) is 0 Å². The number of carbonyl (C=O) groups is 1. The third kappa shape index (κ3) is 3.25. The summed E-state index contributed by atoms with van der Waals surface area (Å²) < 4.78 is 27.9. The lowest BCUT2D eigenvalue weighted by molar-refractivity contribution is 0.0475. The van der Waals surface area contributed by atoms with Crippen molar-refractivity contribution in [2.24, 2.45) is 14.1 Å². The first kappa shape index (κ1) is 19.7. The molecule has 0 bridgehead atoms. The number of aryl methyl sites for hydroxylation is 2. The molecule has 0 atom stereocenters. The van der Waals surface area contributed by atoms with Gasteiger partial charge in [-0.3, -0.25) is 18.7 Å². The number of halogens is 2. The highest BCUT2D eigenvalue weighted by Gasteiger charge is 2.26. The maximum atomic E-state index is 12.9. The normalized spacial score (nSPS) is 11.6. The Bertz CT molecular complexity index is 963.